The van der Waals surface area contributed by atoms with Crippen molar-refractivity contribution in [3.63, 3.8) is 0 Å². The number of halogens is 2. The lowest BCUT2D eigenvalue weighted by Crippen LogP contribution is -2.08. The number of aromatic nitrogens is 1. The summed E-state index contributed by atoms with van der Waals surface area (Å²) < 4.78 is 2.09. The molecule has 1 aromatic carbocycles. The Morgan fingerprint density at radius 1 is 1.26 bits per heavy atom. The fourth-order valence-corrected chi connectivity index (χ4v) is 2.49. The van der Waals surface area contributed by atoms with E-state index in [0.29, 0.717) is 11.6 Å². The van der Waals surface area contributed by atoms with Crippen LogP contribution >= 0.6 is 23.2 Å². The highest BCUT2D eigenvalue weighted by atomic mass is 35.5. The van der Waals surface area contributed by atoms with Crippen LogP contribution in [0.5, 0.6) is 0 Å². The average molecular weight is 297 g/mol. The van der Waals surface area contributed by atoms with Crippen LogP contribution in [0.2, 0.25) is 10.0 Å². The molecule has 0 fully saturated rings. The van der Waals surface area contributed by atoms with Gasteiger partial charge < -0.3 is 10.3 Å². The molecule has 1 atom stereocenters. The van der Waals surface area contributed by atoms with Crippen molar-refractivity contribution in [3.05, 3.63) is 57.8 Å². The molecule has 0 bridgehead atoms. The molecule has 1 aromatic heterocycles. The summed E-state index contributed by atoms with van der Waals surface area (Å²) in [5, 5.41) is 1.44. The second kappa shape index (κ2) is 6.47. The van der Waals surface area contributed by atoms with Crippen LogP contribution in [-0.4, -0.2) is 4.57 Å². The minimum atomic E-state index is 0.112. The fraction of sp³-hybridized carbons (Fsp3) is 0.333. The summed E-state index contributed by atoms with van der Waals surface area (Å²) >= 11 is 12.2. The van der Waals surface area contributed by atoms with E-state index in [9.17, 15) is 0 Å². The first kappa shape index (κ1) is 14.4. The molecule has 0 aliphatic rings. The lowest BCUT2D eigenvalue weighted by Gasteiger charge is -2.08. The van der Waals surface area contributed by atoms with Crippen molar-refractivity contribution in [2.75, 3.05) is 0 Å². The Balaban J connectivity index is 2.13. The van der Waals surface area contributed by atoms with E-state index >= 15 is 0 Å². The van der Waals surface area contributed by atoms with Gasteiger partial charge in [0.15, 0.2) is 0 Å². The molecular formula is C15H18Cl2N2. The van der Waals surface area contributed by atoms with E-state index in [1.807, 2.05) is 18.3 Å². The Morgan fingerprint density at radius 2 is 2.05 bits per heavy atom. The van der Waals surface area contributed by atoms with Gasteiger partial charge in [0, 0.05) is 35.0 Å². The number of nitrogens with two attached hydrogens (primary N) is 1. The maximum absolute atomic E-state index is 6.17. The molecule has 4 heteroatoms. The molecule has 2 nitrogen and oxygen atoms in total. The van der Waals surface area contributed by atoms with Gasteiger partial charge in [0.2, 0.25) is 0 Å². The van der Waals surface area contributed by atoms with E-state index in [-0.39, 0.29) is 6.04 Å². The van der Waals surface area contributed by atoms with Crippen molar-refractivity contribution < 1.29 is 0 Å². The van der Waals surface area contributed by atoms with Crippen molar-refractivity contribution in [1.82, 2.24) is 4.57 Å². The summed E-state index contributed by atoms with van der Waals surface area (Å²) in [4.78, 5) is 0. The highest BCUT2D eigenvalue weighted by molar-refractivity contribution is 6.33. The predicted molar refractivity (Wildman–Crippen MR) is 81.8 cm³/mol. The largest absolute Gasteiger partial charge is 0.350 e. The number of rotatable bonds is 5. The Hall–Kier alpha value is -0.960. The molecule has 0 aliphatic heterocycles. The molecule has 0 amide bonds. The average Bonchev–Trinajstić information content (AvgIpc) is 2.83. The molecular weight excluding hydrogens is 279 g/mol. The zero-order valence-corrected chi connectivity index (χ0v) is 12.5. The molecule has 2 aromatic rings. The van der Waals surface area contributed by atoms with Gasteiger partial charge in [-0.15, -0.1) is 0 Å². The lowest BCUT2D eigenvalue weighted by molar-refractivity contribution is 0.636. The lowest BCUT2D eigenvalue weighted by atomic mass is 10.1. The van der Waals surface area contributed by atoms with E-state index in [1.54, 1.807) is 6.07 Å². The Labute approximate surface area is 124 Å². The van der Waals surface area contributed by atoms with E-state index in [1.165, 1.54) is 5.56 Å². The Kier molecular flexibility index (Phi) is 4.92. The summed E-state index contributed by atoms with van der Waals surface area (Å²) in [6, 6.07) is 7.70. The van der Waals surface area contributed by atoms with E-state index < -0.39 is 0 Å². The molecule has 0 radical (unpaired) electrons. The molecule has 0 saturated carbocycles. The van der Waals surface area contributed by atoms with Crippen molar-refractivity contribution in [3.8, 4) is 0 Å². The second-order valence-corrected chi connectivity index (χ2v) is 5.59. The highest BCUT2D eigenvalue weighted by Gasteiger charge is 2.08. The van der Waals surface area contributed by atoms with Crippen LogP contribution in [0.25, 0.3) is 0 Å². The Morgan fingerprint density at radius 3 is 2.79 bits per heavy atom. The summed E-state index contributed by atoms with van der Waals surface area (Å²) in [6.07, 6.45) is 6.20. The molecule has 1 unspecified atom stereocenters. The van der Waals surface area contributed by atoms with Gasteiger partial charge in [-0.2, -0.15) is 0 Å². The van der Waals surface area contributed by atoms with Crippen LogP contribution in [0.15, 0.2) is 36.7 Å². The number of nitrogens with zero attached hydrogens (tertiary/aromatic N) is 1. The van der Waals surface area contributed by atoms with E-state index in [4.69, 9.17) is 28.9 Å². The fourth-order valence-electron chi connectivity index (χ4n) is 2.12. The first-order valence-electron chi connectivity index (χ1n) is 6.45. The smallest absolute Gasteiger partial charge is 0.0485 e. The third kappa shape index (κ3) is 3.75. The number of benzene rings is 1. The van der Waals surface area contributed by atoms with Gasteiger partial charge >= 0.3 is 0 Å². The zero-order chi connectivity index (χ0) is 13.8. The summed E-state index contributed by atoms with van der Waals surface area (Å²) in [6.45, 7) is 2.85. The third-order valence-corrected chi connectivity index (χ3v) is 3.77. The monoisotopic (exact) mass is 296 g/mol. The van der Waals surface area contributed by atoms with Gasteiger partial charge in [0.05, 0.1) is 0 Å². The van der Waals surface area contributed by atoms with Crippen molar-refractivity contribution >= 4 is 23.2 Å². The first-order chi connectivity index (χ1) is 9.10. The molecule has 19 heavy (non-hydrogen) atoms. The van der Waals surface area contributed by atoms with Crippen LogP contribution in [0.1, 0.15) is 36.9 Å². The van der Waals surface area contributed by atoms with E-state index in [0.717, 1.165) is 23.4 Å². The first-order valence-corrected chi connectivity index (χ1v) is 7.21. The maximum atomic E-state index is 6.17. The van der Waals surface area contributed by atoms with Gasteiger partial charge in [0.1, 0.15) is 0 Å². The summed E-state index contributed by atoms with van der Waals surface area (Å²) in [7, 11) is 0. The number of hydrogen-bond donors (Lipinski definition) is 1. The second-order valence-electron chi connectivity index (χ2n) is 4.75. The molecule has 102 valence electrons. The minimum absolute atomic E-state index is 0.112. The van der Waals surface area contributed by atoms with Crippen LogP contribution < -0.4 is 5.73 Å². The van der Waals surface area contributed by atoms with Crippen LogP contribution in [0, 0.1) is 0 Å². The van der Waals surface area contributed by atoms with Crippen LogP contribution in [0.4, 0.5) is 0 Å². The third-order valence-electron chi connectivity index (χ3n) is 3.16. The summed E-state index contributed by atoms with van der Waals surface area (Å²) in [5.41, 5.74) is 8.29. The SMILES string of the molecule is CCCC(N)c1ccn(Cc2cc(Cl)ccc2Cl)c1. The quantitative estimate of drug-likeness (QED) is 0.856. The Bertz CT molecular complexity index is 549. The normalized spacial score (nSPS) is 12.6. The molecule has 1 heterocycles. The van der Waals surface area contributed by atoms with Crippen molar-refractivity contribution in [2.24, 2.45) is 5.73 Å². The predicted octanol–water partition coefficient (Wildman–Crippen LogP) is 4.64. The van der Waals surface area contributed by atoms with Gasteiger partial charge in [-0.3, -0.25) is 0 Å². The van der Waals surface area contributed by atoms with Crippen LogP contribution in [0.3, 0.4) is 0 Å². The molecule has 0 aliphatic carbocycles. The topological polar surface area (TPSA) is 30.9 Å². The van der Waals surface area contributed by atoms with Crippen molar-refractivity contribution in [2.45, 2.75) is 32.4 Å². The van der Waals surface area contributed by atoms with Crippen molar-refractivity contribution in [1.29, 1.82) is 0 Å². The highest BCUT2D eigenvalue weighted by Crippen LogP contribution is 2.23. The standard InChI is InChI=1S/C15H18Cl2N2/c1-2-3-15(18)11-6-7-19(9-11)10-12-8-13(16)4-5-14(12)17/h4-9,15H,2-3,10,18H2,1H3. The molecule has 0 spiro atoms. The zero-order valence-electron chi connectivity index (χ0n) is 10.9. The van der Waals surface area contributed by atoms with Crippen LogP contribution in [-0.2, 0) is 6.54 Å². The maximum Gasteiger partial charge on any atom is 0.0485 e. The molecule has 2 rings (SSSR count). The summed E-state index contributed by atoms with van der Waals surface area (Å²) in [5.74, 6) is 0. The van der Waals surface area contributed by atoms with E-state index in [2.05, 4.69) is 23.8 Å². The van der Waals surface area contributed by atoms with Gasteiger partial charge in [-0.05, 0) is 41.8 Å². The number of hydrogen-bond acceptors (Lipinski definition) is 1. The van der Waals surface area contributed by atoms with Gasteiger partial charge in [-0.25, -0.2) is 0 Å². The minimum Gasteiger partial charge on any atom is -0.350 e. The molecule has 2 N–H and O–H groups in total. The molecule has 0 saturated heterocycles. The van der Waals surface area contributed by atoms with Gasteiger partial charge in [0.25, 0.3) is 0 Å². The van der Waals surface area contributed by atoms with Gasteiger partial charge in [-0.1, -0.05) is 36.5 Å².